The van der Waals surface area contributed by atoms with E-state index in [1.54, 1.807) is 0 Å². The largest absolute Gasteiger partial charge is 0.509 e. The molecule has 2 aliphatic rings. The van der Waals surface area contributed by atoms with Gasteiger partial charge in [0, 0.05) is 0 Å². The summed E-state index contributed by atoms with van der Waals surface area (Å²) in [5.41, 5.74) is -2.14. The highest BCUT2D eigenvalue weighted by Gasteiger charge is 2.66. The second-order valence-electron chi connectivity index (χ2n) is 3.28. The van der Waals surface area contributed by atoms with Crippen molar-refractivity contribution in [3.63, 3.8) is 0 Å². The fourth-order valence-electron chi connectivity index (χ4n) is 1.47. The van der Waals surface area contributed by atoms with Crippen LogP contribution in [-0.2, 0) is 18.9 Å². The van der Waals surface area contributed by atoms with Gasteiger partial charge in [0.2, 0.25) is 11.7 Å². The molecule has 0 aromatic carbocycles. The number of hydrogen-bond acceptors (Lipinski definition) is 6. The van der Waals surface area contributed by atoms with E-state index >= 15 is 0 Å². The van der Waals surface area contributed by atoms with Crippen LogP contribution in [0.15, 0.2) is 0 Å². The van der Waals surface area contributed by atoms with Crippen LogP contribution in [0.3, 0.4) is 0 Å². The van der Waals surface area contributed by atoms with Gasteiger partial charge >= 0.3 is 18.5 Å². The maximum atomic E-state index is 12.5. The molecule has 2 fully saturated rings. The molecule has 1 atom stereocenters. The Hall–Kier alpha value is -1.67. The van der Waals surface area contributed by atoms with E-state index in [1.165, 1.54) is 0 Å². The van der Waals surface area contributed by atoms with Gasteiger partial charge in [0.1, 0.15) is 13.2 Å². The zero-order chi connectivity index (χ0) is 12.0. The molecule has 1 unspecified atom stereocenters. The molecule has 2 saturated heterocycles. The molecule has 9 heteroatoms. The molecule has 0 aliphatic carbocycles. The Balaban J connectivity index is 2.24. The first kappa shape index (κ1) is 10.8. The van der Waals surface area contributed by atoms with Crippen LogP contribution in [0.1, 0.15) is 0 Å². The SMILES string of the molecule is O=C1OCC2(CO1)OC(=O)OC2C(F)(F)F. The maximum absolute atomic E-state index is 12.5. The van der Waals surface area contributed by atoms with Crippen molar-refractivity contribution in [2.75, 3.05) is 13.2 Å². The predicted octanol–water partition coefficient (Wildman–Crippen LogP) is 0.990. The first-order valence-corrected chi connectivity index (χ1v) is 4.09. The minimum absolute atomic E-state index is 0.748. The lowest BCUT2D eigenvalue weighted by Gasteiger charge is -2.33. The topological polar surface area (TPSA) is 71.1 Å². The summed E-state index contributed by atoms with van der Waals surface area (Å²) < 4.78 is 54.5. The van der Waals surface area contributed by atoms with Crippen LogP contribution in [0.25, 0.3) is 0 Å². The highest BCUT2D eigenvalue weighted by molar-refractivity contribution is 5.65. The van der Waals surface area contributed by atoms with E-state index < -0.39 is 43.4 Å². The van der Waals surface area contributed by atoms with Crippen LogP contribution < -0.4 is 0 Å². The van der Waals surface area contributed by atoms with Crippen molar-refractivity contribution in [1.82, 2.24) is 0 Å². The van der Waals surface area contributed by atoms with E-state index in [2.05, 4.69) is 18.9 Å². The van der Waals surface area contributed by atoms with Gasteiger partial charge in [0.15, 0.2) is 0 Å². The van der Waals surface area contributed by atoms with E-state index in [1.807, 2.05) is 0 Å². The van der Waals surface area contributed by atoms with E-state index in [9.17, 15) is 22.8 Å². The molecule has 0 N–H and O–H groups in total. The standard InChI is InChI=1S/C7H5F3O6/c8-7(9,10)3-6(16-5(12)15-3)1-13-4(11)14-2-6/h3H,1-2H2. The van der Waals surface area contributed by atoms with Crippen molar-refractivity contribution in [2.24, 2.45) is 0 Å². The summed E-state index contributed by atoms with van der Waals surface area (Å²) in [6, 6.07) is 0. The van der Waals surface area contributed by atoms with E-state index in [0.29, 0.717) is 0 Å². The zero-order valence-corrected chi connectivity index (χ0v) is 7.57. The van der Waals surface area contributed by atoms with Gasteiger partial charge in [-0.1, -0.05) is 0 Å². The van der Waals surface area contributed by atoms with Crippen molar-refractivity contribution in [2.45, 2.75) is 17.9 Å². The number of rotatable bonds is 0. The second-order valence-corrected chi connectivity index (χ2v) is 3.28. The van der Waals surface area contributed by atoms with Gasteiger partial charge < -0.3 is 18.9 Å². The molecule has 6 nitrogen and oxygen atoms in total. The summed E-state index contributed by atoms with van der Waals surface area (Å²) >= 11 is 0. The summed E-state index contributed by atoms with van der Waals surface area (Å²) in [5, 5.41) is 0. The van der Waals surface area contributed by atoms with Crippen LogP contribution in [0, 0.1) is 0 Å². The van der Waals surface area contributed by atoms with Crippen molar-refractivity contribution in [3.05, 3.63) is 0 Å². The molecule has 1 spiro atoms. The number of ether oxygens (including phenoxy) is 4. The van der Waals surface area contributed by atoms with Crippen molar-refractivity contribution in [1.29, 1.82) is 0 Å². The molecule has 2 rings (SSSR count). The highest BCUT2D eigenvalue weighted by atomic mass is 19.4. The smallest absolute Gasteiger partial charge is 0.430 e. The first-order valence-electron chi connectivity index (χ1n) is 4.09. The molecule has 0 aromatic heterocycles. The first-order chi connectivity index (χ1) is 7.33. The van der Waals surface area contributed by atoms with Crippen LogP contribution in [0.2, 0.25) is 0 Å². The lowest BCUT2D eigenvalue weighted by Crippen LogP contribution is -2.57. The van der Waals surface area contributed by atoms with E-state index in [4.69, 9.17) is 0 Å². The number of cyclic esters (lactones) is 3. The number of alkyl halides is 3. The molecule has 0 aromatic rings. The molecule has 90 valence electrons. The van der Waals surface area contributed by atoms with Gasteiger partial charge in [-0.3, -0.25) is 0 Å². The van der Waals surface area contributed by atoms with Gasteiger partial charge in [-0.05, 0) is 0 Å². The summed E-state index contributed by atoms with van der Waals surface area (Å²) in [6.07, 6.45) is -9.90. The Morgan fingerprint density at radius 3 is 2.19 bits per heavy atom. The Bertz CT molecular complexity index is 328. The maximum Gasteiger partial charge on any atom is 0.509 e. The summed E-state index contributed by atoms with van der Waals surface area (Å²) in [7, 11) is 0. The Morgan fingerprint density at radius 1 is 1.12 bits per heavy atom. The van der Waals surface area contributed by atoms with Crippen LogP contribution in [0.4, 0.5) is 22.8 Å². The van der Waals surface area contributed by atoms with Crippen molar-refractivity contribution < 1.29 is 41.7 Å². The van der Waals surface area contributed by atoms with E-state index in [-0.39, 0.29) is 0 Å². The van der Waals surface area contributed by atoms with Crippen LogP contribution in [0.5, 0.6) is 0 Å². The van der Waals surface area contributed by atoms with Gasteiger partial charge in [-0.15, -0.1) is 0 Å². The third-order valence-electron chi connectivity index (χ3n) is 2.14. The number of hydrogen-bond donors (Lipinski definition) is 0. The Kier molecular flexibility index (Phi) is 2.14. The van der Waals surface area contributed by atoms with Gasteiger partial charge in [-0.25, -0.2) is 9.59 Å². The molecule has 16 heavy (non-hydrogen) atoms. The highest BCUT2D eigenvalue weighted by Crippen LogP contribution is 2.40. The number of carbonyl (C=O) groups is 2. The van der Waals surface area contributed by atoms with Gasteiger partial charge in [0.25, 0.3) is 0 Å². The summed E-state index contributed by atoms with van der Waals surface area (Å²) in [5.74, 6) is 0. The van der Waals surface area contributed by atoms with Crippen molar-refractivity contribution >= 4 is 12.3 Å². The lowest BCUT2D eigenvalue weighted by atomic mass is 9.98. The molecular weight excluding hydrogens is 237 g/mol. The number of carbonyl (C=O) groups excluding carboxylic acids is 2. The lowest BCUT2D eigenvalue weighted by molar-refractivity contribution is -0.240. The quantitative estimate of drug-likeness (QED) is 0.590. The fraction of sp³-hybridized carbons (Fsp3) is 0.714. The van der Waals surface area contributed by atoms with Gasteiger partial charge in [0.05, 0.1) is 0 Å². The fourth-order valence-corrected chi connectivity index (χ4v) is 1.47. The monoisotopic (exact) mass is 242 g/mol. The molecular formula is C7H5F3O6. The van der Waals surface area contributed by atoms with E-state index in [0.717, 1.165) is 0 Å². The Labute approximate surface area is 86.2 Å². The molecule has 2 heterocycles. The second kappa shape index (κ2) is 3.16. The zero-order valence-electron chi connectivity index (χ0n) is 7.57. The molecule has 0 radical (unpaired) electrons. The van der Waals surface area contributed by atoms with Gasteiger partial charge in [-0.2, -0.15) is 13.2 Å². The third-order valence-corrected chi connectivity index (χ3v) is 2.14. The average molecular weight is 242 g/mol. The molecule has 2 aliphatic heterocycles. The van der Waals surface area contributed by atoms with Crippen molar-refractivity contribution in [3.8, 4) is 0 Å². The average Bonchev–Trinajstić information content (AvgIpc) is 2.49. The summed E-state index contributed by atoms with van der Waals surface area (Å²) in [6.45, 7) is -1.50. The van der Waals surface area contributed by atoms with Crippen LogP contribution in [-0.4, -0.2) is 43.4 Å². The normalized spacial score (nSPS) is 28.1. The molecule has 0 bridgehead atoms. The minimum Gasteiger partial charge on any atom is -0.430 e. The minimum atomic E-state index is -4.82. The molecule has 0 amide bonds. The third kappa shape index (κ3) is 1.61. The summed E-state index contributed by atoms with van der Waals surface area (Å²) in [4.78, 5) is 21.2. The van der Waals surface area contributed by atoms with Crippen LogP contribution >= 0.6 is 0 Å². The predicted molar refractivity (Wildman–Crippen MR) is 37.4 cm³/mol. The molecule has 0 saturated carbocycles. The number of halogens is 3. The Morgan fingerprint density at radius 2 is 1.69 bits per heavy atom.